The van der Waals surface area contributed by atoms with Crippen LogP contribution in [-0.4, -0.2) is 58.3 Å². The second-order valence-corrected chi connectivity index (χ2v) is 8.75. The molecular weight excluding hydrogens is 406 g/mol. The van der Waals surface area contributed by atoms with Crippen molar-refractivity contribution in [2.45, 2.75) is 44.8 Å². The zero-order valence-corrected chi connectivity index (χ0v) is 18.5. The van der Waals surface area contributed by atoms with Crippen LogP contribution in [0.25, 0.3) is 0 Å². The number of piperidine rings is 1. The van der Waals surface area contributed by atoms with E-state index in [2.05, 4.69) is 20.5 Å². The van der Waals surface area contributed by atoms with Gasteiger partial charge in [0.05, 0.1) is 5.69 Å². The summed E-state index contributed by atoms with van der Waals surface area (Å²) >= 11 is 0. The number of aromatic nitrogens is 1. The van der Waals surface area contributed by atoms with Crippen LogP contribution in [0.15, 0.2) is 48.7 Å². The highest BCUT2D eigenvalue weighted by Crippen LogP contribution is 2.28. The van der Waals surface area contributed by atoms with Crippen LogP contribution in [0.5, 0.6) is 0 Å². The number of rotatable bonds is 6. The number of carbonyl (C=O) groups excluding carboxylic acids is 3. The van der Waals surface area contributed by atoms with E-state index in [9.17, 15) is 14.4 Å². The highest BCUT2D eigenvalue weighted by atomic mass is 16.2. The van der Waals surface area contributed by atoms with Gasteiger partial charge in [0, 0.05) is 31.9 Å². The molecule has 1 aromatic carbocycles. The van der Waals surface area contributed by atoms with Crippen LogP contribution >= 0.6 is 0 Å². The first-order valence-corrected chi connectivity index (χ1v) is 11.0. The maximum Gasteiger partial charge on any atom is 0.325 e. The summed E-state index contributed by atoms with van der Waals surface area (Å²) in [6.45, 7) is 5.86. The Labute approximate surface area is 188 Å². The maximum atomic E-state index is 13.0. The summed E-state index contributed by atoms with van der Waals surface area (Å²) in [5, 5.41) is 5.74. The Balaban J connectivity index is 1.29. The highest BCUT2D eigenvalue weighted by Gasteiger charge is 2.49. The SMILES string of the molecule is Cc1ccc(C2(C)NC(=O)N(CC(=O)NC3CCN(Cc4ccccn4)CC3)C2=O)cc1. The third kappa shape index (κ3) is 4.65. The van der Waals surface area contributed by atoms with Crippen LogP contribution in [-0.2, 0) is 21.7 Å². The van der Waals surface area contributed by atoms with E-state index in [4.69, 9.17) is 0 Å². The molecule has 8 nitrogen and oxygen atoms in total. The van der Waals surface area contributed by atoms with E-state index < -0.39 is 17.5 Å². The molecule has 0 spiro atoms. The highest BCUT2D eigenvalue weighted by molar-refractivity contribution is 6.09. The lowest BCUT2D eigenvalue weighted by Crippen LogP contribution is -2.48. The first-order valence-electron chi connectivity index (χ1n) is 11.0. The number of amides is 4. The Morgan fingerprint density at radius 1 is 1.16 bits per heavy atom. The number of hydrogen-bond donors (Lipinski definition) is 2. The lowest BCUT2D eigenvalue weighted by Gasteiger charge is -2.32. The molecule has 1 unspecified atom stereocenters. The van der Waals surface area contributed by atoms with Gasteiger partial charge in [-0.05, 0) is 44.4 Å². The van der Waals surface area contributed by atoms with E-state index >= 15 is 0 Å². The minimum absolute atomic E-state index is 0.0340. The average Bonchev–Trinajstić information content (AvgIpc) is 3.00. The second kappa shape index (κ2) is 9.08. The van der Waals surface area contributed by atoms with Crippen molar-refractivity contribution < 1.29 is 14.4 Å². The van der Waals surface area contributed by atoms with Crippen molar-refractivity contribution in [2.75, 3.05) is 19.6 Å². The monoisotopic (exact) mass is 435 g/mol. The van der Waals surface area contributed by atoms with Gasteiger partial charge in [0.25, 0.3) is 5.91 Å². The van der Waals surface area contributed by atoms with Gasteiger partial charge in [0.15, 0.2) is 0 Å². The molecule has 2 aliphatic heterocycles. The van der Waals surface area contributed by atoms with Crippen molar-refractivity contribution in [3.63, 3.8) is 0 Å². The molecule has 2 fully saturated rings. The average molecular weight is 436 g/mol. The molecule has 1 aromatic heterocycles. The maximum absolute atomic E-state index is 13.0. The number of pyridine rings is 1. The Morgan fingerprint density at radius 3 is 2.53 bits per heavy atom. The van der Waals surface area contributed by atoms with E-state index in [-0.39, 0.29) is 18.5 Å². The number of nitrogens with zero attached hydrogens (tertiary/aromatic N) is 3. The van der Waals surface area contributed by atoms with Crippen LogP contribution in [0, 0.1) is 6.92 Å². The Bertz CT molecular complexity index is 986. The fourth-order valence-electron chi connectivity index (χ4n) is 4.30. The zero-order chi connectivity index (χ0) is 22.7. The van der Waals surface area contributed by atoms with Gasteiger partial charge in [-0.2, -0.15) is 0 Å². The molecule has 2 saturated heterocycles. The number of imide groups is 1. The predicted molar refractivity (Wildman–Crippen MR) is 119 cm³/mol. The van der Waals surface area contributed by atoms with Gasteiger partial charge in [0.2, 0.25) is 5.91 Å². The van der Waals surface area contributed by atoms with E-state index in [0.717, 1.165) is 48.6 Å². The smallest absolute Gasteiger partial charge is 0.325 e. The normalized spacial score (nSPS) is 22.1. The van der Waals surface area contributed by atoms with Gasteiger partial charge >= 0.3 is 6.03 Å². The number of carbonyl (C=O) groups is 3. The molecule has 3 heterocycles. The van der Waals surface area contributed by atoms with Crippen molar-refractivity contribution in [3.8, 4) is 0 Å². The third-order valence-electron chi connectivity index (χ3n) is 6.27. The van der Waals surface area contributed by atoms with Crippen LogP contribution in [0.1, 0.15) is 36.6 Å². The molecule has 2 N–H and O–H groups in total. The van der Waals surface area contributed by atoms with Gasteiger partial charge in [-0.1, -0.05) is 35.9 Å². The zero-order valence-electron chi connectivity index (χ0n) is 18.5. The molecule has 1 atom stereocenters. The summed E-state index contributed by atoms with van der Waals surface area (Å²) < 4.78 is 0. The molecule has 0 aliphatic carbocycles. The molecule has 8 heteroatoms. The van der Waals surface area contributed by atoms with Gasteiger partial charge in [-0.25, -0.2) is 4.79 Å². The standard InChI is InChI=1S/C24H29N5O3/c1-17-6-8-18(9-7-17)24(2)22(31)29(23(32)27-24)16-21(30)26-19-10-13-28(14-11-19)15-20-5-3-4-12-25-20/h3-9,12,19H,10-11,13-16H2,1-2H3,(H,26,30)(H,27,32). The summed E-state index contributed by atoms with van der Waals surface area (Å²) in [5.41, 5.74) is 1.63. The molecular formula is C24H29N5O3. The number of urea groups is 1. The van der Waals surface area contributed by atoms with Gasteiger partial charge in [0.1, 0.15) is 12.1 Å². The van der Waals surface area contributed by atoms with Gasteiger partial charge in [-0.3, -0.25) is 24.4 Å². The number of nitrogens with one attached hydrogen (secondary N) is 2. The Hall–Kier alpha value is -3.26. The van der Waals surface area contributed by atoms with Crippen molar-refractivity contribution in [1.82, 2.24) is 25.4 Å². The van der Waals surface area contributed by atoms with Crippen LogP contribution in [0.2, 0.25) is 0 Å². The quantitative estimate of drug-likeness (QED) is 0.677. The molecule has 32 heavy (non-hydrogen) atoms. The summed E-state index contributed by atoms with van der Waals surface area (Å²) in [5.74, 6) is -0.725. The number of likely N-dealkylation sites (tertiary alicyclic amines) is 1. The Kier molecular flexibility index (Phi) is 6.23. The molecule has 2 aliphatic rings. The summed E-state index contributed by atoms with van der Waals surface area (Å²) in [7, 11) is 0. The molecule has 0 saturated carbocycles. The van der Waals surface area contributed by atoms with E-state index in [1.807, 2.05) is 49.4 Å². The van der Waals surface area contributed by atoms with Crippen molar-refractivity contribution in [2.24, 2.45) is 0 Å². The van der Waals surface area contributed by atoms with Crippen LogP contribution in [0.4, 0.5) is 4.79 Å². The fourth-order valence-corrected chi connectivity index (χ4v) is 4.30. The van der Waals surface area contributed by atoms with E-state index in [1.54, 1.807) is 13.1 Å². The summed E-state index contributed by atoms with van der Waals surface area (Å²) in [6, 6.07) is 12.8. The third-order valence-corrected chi connectivity index (χ3v) is 6.27. The lowest BCUT2D eigenvalue weighted by molar-refractivity contribution is -0.135. The Morgan fingerprint density at radius 2 is 1.88 bits per heavy atom. The van der Waals surface area contributed by atoms with Crippen molar-refractivity contribution >= 4 is 17.8 Å². The molecule has 4 amide bonds. The van der Waals surface area contributed by atoms with Crippen molar-refractivity contribution in [1.29, 1.82) is 0 Å². The number of aryl methyl sites for hydroxylation is 1. The predicted octanol–water partition coefficient (Wildman–Crippen LogP) is 1.94. The molecule has 0 radical (unpaired) electrons. The van der Waals surface area contributed by atoms with Crippen LogP contribution < -0.4 is 10.6 Å². The number of benzene rings is 1. The molecule has 2 aromatic rings. The first-order chi connectivity index (χ1) is 15.3. The minimum Gasteiger partial charge on any atom is -0.352 e. The molecule has 168 valence electrons. The fraction of sp³-hybridized carbons (Fsp3) is 0.417. The molecule has 4 rings (SSSR count). The first kappa shape index (κ1) is 22.0. The second-order valence-electron chi connectivity index (χ2n) is 8.75. The lowest BCUT2D eigenvalue weighted by atomic mass is 9.91. The van der Waals surface area contributed by atoms with Gasteiger partial charge in [-0.15, -0.1) is 0 Å². The van der Waals surface area contributed by atoms with E-state index in [0.29, 0.717) is 5.56 Å². The van der Waals surface area contributed by atoms with Crippen molar-refractivity contribution in [3.05, 3.63) is 65.5 Å². The van der Waals surface area contributed by atoms with E-state index in [1.165, 1.54) is 0 Å². The number of hydrogen-bond acceptors (Lipinski definition) is 5. The minimum atomic E-state index is -1.16. The summed E-state index contributed by atoms with van der Waals surface area (Å²) in [6.07, 6.45) is 3.43. The van der Waals surface area contributed by atoms with Gasteiger partial charge < -0.3 is 10.6 Å². The topological polar surface area (TPSA) is 94.6 Å². The van der Waals surface area contributed by atoms with Crippen LogP contribution in [0.3, 0.4) is 0 Å². The molecule has 0 bridgehead atoms. The largest absolute Gasteiger partial charge is 0.352 e. The summed E-state index contributed by atoms with van der Waals surface area (Å²) in [4.78, 5) is 45.8.